The lowest BCUT2D eigenvalue weighted by atomic mass is 9.76. The molecule has 4 rings (SSSR count). The molecule has 0 saturated carbocycles. The van der Waals surface area contributed by atoms with Crippen molar-refractivity contribution >= 4 is 13.8 Å². The molecule has 4 aromatic carbocycles. The Morgan fingerprint density at radius 2 is 1.24 bits per heavy atom. The maximum absolute atomic E-state index is 14.8. The number of ether oxygens (including phenoxy) is 1. The van der Waals surface area contributed by atoms with E-state index in [9.17, 15) is 14.5 Å². The van der Waals surface area contributed by atoms with Crippen molar-refractivity contribution in [2.75, 3.05) is 6.61 Å². The Morgan fingerprint density at radius 3 is 1.64 bits per heavy atom. The molecule has 5 nitrogen and oxygen atoms in total. The van der Waals surface area contributed by atoms with E-state index in [2.05, 4.69) is 17.4 Å². The summed E-state index contributed by atoms with van der Waals surface area (Å²) in [5.74, 6) is -1.85. The van der Waals surface area contributed by atoms with Crippen LogP contribution in [0.5, 0.6) is 0 Å². The van der Waals surface area contributed by atoms with Crippen molar-refractivity contribution < 1.29 is 19.2 Å². The van der Waals surface area contributed by atoms with Gasteiger partial charge in [0.25, 0.3) is 5.85 Å². The average Bonchev–Trinajstić information content (AvgIpc) is 3.04. The Balaban J connectivity index is 1.85. The third-order valence-corrected chi connectivity index (χ3v) is 9.95. The monoisotopic (exact) mass is 582 g/mol. The molecule has 0 aliphatic carbocycles. The molecule has 0 saturated heterocycles. The van der Waals surface area contributed by atoms with E-state index in [-0.39, 0.29) is 6.42 Å². The Bertz CT molecular complexity index is 1300. The van der Waals surface area contributed by atoms with Gasteiger partial charge in [-0.1, -0.05) is 133 Å². The minimum absolute atomic E-state index is 0.175. The summed E-state index contributed by atoms with van der Waals surface area (Å²) < 4.78 is 20.9. The van der Waals surface area contributed by atoms with E-state index < -0.39 is 30.4 Å². The smallest absolute Gasteiger partial charge is 0.404 e. The van der Waals surface area contributed by atoms with Crippen LogP contribution in [0.15, 0.2) is 121 Å². The standard InChI is InChI=1S/C36H40NO4P/c1-3-28-35(34(38)39,42(40)33(41-4-2)27-17-20-29-18-9-5-10-19-29)37-36(30-21-11-6-12-22-30,31-23-13-7-14-24-31)32-25-15-8-16-26-32/h5-16,18-19,21-26,33,37H,3-4,17,20,27-28H2,1-2H3/p+1. The summed E-state index contributed by atoms with van der Waals surface area (Å²) in [4.78, 5) is 13.5. The summed E-state index contributed by atoms with van der Waals surface area (Å²) in [5.41, 5.74) is 2.69. The van der Waals surface area contributed by atoms with Gasteiger partial charge in [0.05, 0.1) is 5.54 Å². The number of carbonyl (C=O) groups is 1. The fourth-order valence-electron chi connectivity index (χ4n) is 5.77. The molecule has 0 radical (unpaired) electrons. The first kappa shape index (κ1) is 31.3. The molecular weight excluding hydrogens is 541 g/mol. The van der Waals surface area contributed by atoms with Gasteiger partial charge in [-0.3, -0.25) is 0 Å². The van der Waals surface area contributed by atoms with E-state index in [1.54, 1.807) is 0 Å². The summed E-state index contributed by atoms with van der Waals surface area (Å²) in [5, 5.41) is 12.9. The van der Waals surface area contributed by atoms with E-state index in [1.165, 1.54) is 5.56 Å². The minimum atomic E-state index is -2.44. The normalized spacial score (nSPS) is 14.1. The lowest BCUT2D eigenvalue weighted by Gasteiger charge is -2.41. The zero-order valence-electron chi connectivity index (χ0n) is 24.5. The summed E-state index contributed by atoms with van der Waals surface area (Å²) >= 11 is 0. The van der Waals surface area contributed by atoms with Gasteiger partial charge >= 0.3 is 19.1 Å². The lowest BCUT2D eigenvalue weighted by Crippen LogP contribution is -2.60. The van der Waals surface area contributed by atoms with Crippen LogP contribution >= 0.6 is 7.80 Å². The second-order valence-electron chi connectivity index (χ2n) is 10.5. The van der Waals surface area contributed by atoms with Crippen molar-refractivity contribution in [2.45, 2.75) is 62.6 Å². The highest BCUT2D eigenvalue weighted by Gasteiger charge is 2.63. The van der Waals surface area contributed by atoms with Crippen LogP contribution in [-0.2, 0) is 26.1 Å². The van der Waals surface area contributed by atoms with Gasteiger partial charge in [-0.15, -0.1) is 0 Å². The molecule has 0 aliphatic rings. The second-order valence-corrected chi connectivity index (χ2v) is 12.5. The Morgan fingerprint density at radius 1 is 0.786 bits per heavy atom. The molecule has 6 heteroatoms. The highest BCUT2D eigenvalue weighted by Crippen LogP contribution is 2.51. The van der Waals surface area contributed by atoms with Crippen molar-refractivity contribution in [3.63, 3.8) is 0 Å². The van der Waals surface area contributed by atoms with Crippen molar-refractivity contribution in [1.29, 1.82) is 0 Å². The molecule has 0 amide bonds. The summed E-state index contributed by atoms with van der Waals surface area (Å²) in [6.45, 7) is 4.15. The van der Waals surface area contributed by atoms with Gasteiger partial charge in [0.15, 0.2) is 0 Å². The fraction of sp³-hybridized carbons (Fsp3) is 0.306. The number of nitrogens with one attached hydrogen (secondary N) is 1. The fourth-order valence-corrected chi connectivity index (χ4v) is 7.87. The van der Waals surface area contributed by atoms with Gasteiger partial charge in [0.2, 0.25) is 0 Å². The molecule has 0 aromatic heterocycles. The van der Waals surface area contributed by atoms with Crippen LogP contribution in [0.3, 0.4) is 0 Å². The lowest BCUT2D eigenvalue weighted by molar-refractivity contribution is -0.142. The largest absolute Gasteiger partial charge is 0.477 e. The van der Waals surface area contributed by atoms with Crippen LogP contribution in [0.1, 0.15) is 61.8 Å². The zero-order chi connectivity index (χ0) is 29.8. The van der Waals surface area contributed by atoms with E-state index >= 15 is 0 Å². The van der Waals surface area contributed by atoms with E-state index in [4.69, 9.17) is 4.74 Å². The third kappa shape index (κ3) is 6.87. The first-order chi connectivity index (χ1) is 20.5. The van der Waals surface area contributed by atoms with Gasteiger partial charge in [-0.25, -0.2) is 10.1 Å². The molecule has 0 fully saturated rings. The molecule has 42 heavy (non-hydrogen) atoms. The highest BCUT2D eigenvalue weighted by molar-refractivity contribution is 7.48. The molecule has 0 heterocycles. The first-order valence-electron chi connectivity index (χ1n) is 14.8. The maximum Gasteiger partial charge on any atom is 0.404 e. The Kier molecular flexibility index (Phi) is 11.2. The third-order valence-electron chi connectivity index (χ3n) is 7.74. The second kappa shape index (κ2) is 15.0. The minimum Gasteiger partial charge on any atom is -0.477 e. The average molecular weight is 583 g/mol. The maximum atomic E-state index is 14.8. The molecule has 0 spiro atoms. The van der Waals surface area contributed by atoms with E-state index in [1.807, 2.05) is 123 Å². The van der Waals surface area contributed by atoms with Crippen LogP contribution in [0, 0.1) is 0 Å². The molecule has 3 atom stereocenters. The molecular formula is C36H41NO4P+. The molecule has 0 aliphatic heterocycles. The Hall–Kier alpha value is -3.63. The van der Waals surface area contributed by atoms with Crippen LogP contribution < -0.4 is 5.32 Å². The predicted octanol–water partition coefficient (Wildman–Crippen LogP) is 8.36. The molecule has 218 valence electrons. The topological polar surface area (TPSA) is 75.6 Å². The van der Waals surface area contributed by atoms with Crippen LogP contribution in [0.4, 0.5) is 0 Å². The van der Waals surface area contributed by atoms with Crippen molar-refractivity contribution in [3.05, 3.63) is 144 Å². The molecule has 2 N–H and O–H groups in total. The van der Waals surface area contributed by atoms with Gasteiger partial charge in [-0.2, -0.15) is 0 Å². The van der Waals surface area contributed by atoms with Crippen LogP contribution in [0.2, 0.25) is 0 Å². The van der Waals surface area contributed by atoms with Gasteiger partial charge in [-0.05, 0) is 48.4 Å². The number of hydrogen-bond acceptors (Lipinski definition) is 4. The number of hydrogen-bond donors (Lipinski definition) is 2. The molecule has 0 bridgehead atoms. The molecule has 4 aromatic rings. The van der Waals surface area contributed by atoms with Crippen LogP contribution in [-0.4, -0.2) is 28.8 Å². The number of carboxylic acids is 1. The summed E-state index contributed by atoms with van der Waals surface area (Å²) in [6, 6.07) is 39.7. The van der Waals surface area contributed by atoms with E-state index in [0.717, 1.165) is 29.5 Å². The number of aliphatic carboxylic acids is 1. The van der Waals surface area contributed by atoms with Gasteiger partial charge in [0.1, 0.15) is 0 Å². The quantitative estimate of drug-likeness (QED) is 0.103. The molecule has 3 unspecified atom stereocenters. The first-order valence-corrected chi connectivity index (χ1v) is 16.1. The number of benzene rings is 4. The highest BCUT2D eigenvalue weighted by atomic mass is 31.1. The van der Waals surface area contributed by atoms with Crippen molar-refractivity contribution in [2.24, 2.45) is 0 Å². The van der Waals surface area contributed by atoms with Gasteiger partial charge in [0, 0.05) is 19.4 Å². The number of carboxylic acid groups (broad SMARTS) is 1. The summed E-state index contributed by atoms with van der Waals surface area (Å²) in [6.07, 6.45) is 2.73. The number of rotatable bonds is 16. The predicted molar refractivity (Wildman–Crippen MR) is 170 cm³/mol. The van der Waals surface area contributed by atoms with Crippen molar-refractivity contribution in [3.8, 4) is 0 Å². The van der Waals surface area contributed by atoms with Crippen LogP contribution in [0.25, 0.3) is 0 Å². The SMILES string of the molecule is CCCC(NC(c1ccccc1)(c1ccccc1)c1ccccc1)(C(=O)O)[P+](=O)C(CCCc1ccccc1)OCC. The van der Waals surface area contributed by atoms with Gasteiger partial charge < -0.3 is 9.84 Å². The van der Waals surface area contributed by atoms with Crippen molar-refractivity contribution in [1.82, 2.24) is 5.32 Å². The number of aryl methyl sites for hydroxylation is 1. The van der Waals surface area contributed by atoms with E-state index in [0.29, 0.717) is 19.4 Å². The Labute approximate surface area is 250 Å². The zero-order valence-corrected chi connectivity index (χ0v) is 25.4. The summed E-state index contributed by atoms with van der Waals surface area (Å²) in [7, 11) is -2.44.